The van der Waals surface area contributed by atoms with Crippen molar-refractivity contribution < 1.29 is 19.5 Å². The number of urea groups is 1. The quantitative estimate of drug-likeness (QED) is 0.618. The number of carboxylic acid groups (broad SMARTS) is 1. The van der Waals surface area contributed by atoms with Gasteiger partial charge in [0.15, 0.2) is 0 Å². The molecule has 0 aromatic rings. The third kappa shape index (κ3) is 5.61. The Morgan fingerprint density at radius 1 is 1.33 bits per heavy atom. The third-order valence-corrected chi connectivity index (χ3v) is 3.84. The summed E-state index contributed by atoms with van der Waals surface area (Å²) in [5.74, 6) is -2.07. The minimum absolute atomic E-state index is 0.0203. The van der Waals surface area contributed by atoms with Crippen molar-refractivity contribution in [3.05, 3.63) is 0 Å². The maximum Gasteiger partial charge on any atom is 0.318 e. The van der Waals surface area contributed by atoms with Gasteiger partial charge in [-0.3, -0.25) is 9.59 Å². The van der Waals surface area contributed by atoms with Crippen LogP contribution in [0.3, 0.4) is 0 Å². The van der Waals surface area contributed by atoms with Gasteiger partial charge in [0.1, 0.15) is 6.54 Å². The summed E-state index contributed by atoms with van der Waals surface area (Å²) in [6, 6.07) is -0.380. The first-order valence-corrected chi connectivity index (χ1v) is 7.51. The third-order valence-electron chi connectivity index (χ3n) is 3.84. The number of primary amides is 1. The van der Waals surface area contributed by atoms with E-state index in [0.717, 1.165) is 32.1 Å². The van der Waals surface area contributed by atoms with Crippen LogP contribution in [0.5, 0.6) is 0 Å². The molecule has 1 atom stereocenters. The lowest BCUT2D eigenvalue weighted by Crippen LogP contribution is -2.50. The summed E-state index contributed by atoms with van der Waals surface area (Å²) in [4.78, 5) is 35.8. The van der Waals surface area contributed by atoms with Crippen molar-refractivity contribution in [3.8, 4) is 0 Å². The van der Waals surface area contributed by atoms with Crippen molar-refractivity contribution in [2.75, 3.05) is 13.1 Å². The van der Waals surface area contributed by atoms with Gasteiger partial charge < -0.3 is 21.1 Å². The Morgan fingerprint density at radius 3 is 2.43 bits per heavy atom. The maximum absolute atomic E-state index is 12.2. The zero-order valence-corrected chi connectivity index (χ0v) is 12.5. The SMILES string of the molecule is CCCC(CNC(=O)N(CC(N)=O)C1CCCC1)C(=O)O. The van der Waals surface area contributed by atoms with Crippen molar-refractivity contribution in [1.29, 1.82) is 0 Å². The number of carboxylic acids is 1. The van der Waals surface area contributed by atoms with Crippen LogP contribution in [-0.2, 0) is 9.59 Å². The number of aliphatic carboxylic acids is 1. The summed E-state index contributed by atoms with van der Waals surface area (Å²) >= 11 is 0. The number of nitrogens with zero attached hydrogens (tertiary/aromatic N) is 1. The Hall–Kier alpha value is -1.79. The fourth-order valence-electron chi connectivity index (χ4n) is 2.72. The second kappa shape index (κ2) is 8.49. The number of carbonyl (C=O) groups excluding carboxylic acids is 2. The van der Waals surface area contributed by atoms with Crippen LogP contribution >= 0.6 is 0 Å². The molecule has 7 nitrogen and oxygen atoms in total. The molecule has 0 aromatic carbocycles. The molecule has 1 unspecified atom stereocenters. The molecule has 1 fully saturated rings. The number of nitrogens with one attached hydrogen (secondary N) is 1. The molecule has 0 heterocycles. The summed E-state index contributed by atoms with van der Waals surface area (Å²) in [5.41, 5.74) is 5.20. The van der Waals surface area contributed by atoms with Gasteiger partial charge in [-0.2, -0.15) is 0 Å². The number of nitrogens with two attached hydrogens (primary N) is 1. The van der Waals surface area contributed by atoms with Crippen LogP contribution in [0.25, 0.3) is 0 Å². The predicted octanol–water partition coefficient (Wildman–Crippen LogP) is 0.927. The first-order valence-electron chi connectivity index (χ1n) is 7.51. The Labute approximate surface area is 124 Å². The minimum atomic E-state index is -0.917. The Bertz CT molecular complexity index is 380. The van der Waals surface area contributed by atoms with Crippen LogP contribution in [-0.4, -0.2) is 47.0 Å². The van der Waals surface area contributed by atoms with Crippen LogP contribution in [0.4, 0.5) is 4.79 Å². The summed E-state index contributed by atoms with van der Waals surface area (Å²) in [6.07, 6.45) is 5.02. The van der Waals surface area contributed by atoms with Gasteiger partial charge in [0, 0.05) is 12.6 Å². The van der Waals surface area contributed by atoms with E-state index in [-0.39, 0.29) is 19.1 Å². The van der Waals surface area contributed by atoms with Crippen molar-refractivity contribution in [2.45, 2.75) is 51.5 Å². The van der Waals surface area contributed by atoms with E-state index in [0.29, 0.717) is 6.42 Å². The van der Waals surface area contributed by atoms with Crippen molar-refractivity contribution in [2.24, 2.45) is 11.7 Å². The zero-order valence-electron chi connectivity index (χ0n) is 12.5. The maximum atomic E-state index is 12.2. The molecule has 7 heteroatoms. The highest BCUT2D eigenvalue weighted by Crippen LogP contribution is 2.23. The van der Waals surface area contributed by atoms with E-state index < -0.39 is 23.8 Å². The van der Waals surface area contributed by atoms with Crippen LogP contribution < -0.4 is 11.1 Å². The molecule has 0 saturated heterocycles. The lowest BCUT2D eigenvalue weighted by atomic mass is 10.0. The van der Waals surface area contributed by atoms with E-state index in [1.165, 1.54) is 4.90 Å². The highest BCUT2D eigenvalue weighted by molar-refractivity contribution is 5.83. The first-order chi connectivity index (χ1) is 9.95. The molecular weight excluding hydrogens is 274 g/mol. The van der Waals surface area contributed by atoms with E-state index in [1.54, 1.807) is 0 Å². The van der Waals surface area contributed by atoms with Crippen molar-refractivity contribution in [3.63, 3.8) is 0 Å². The molecular formula is C14H25N3O4. The summed E-state index contributed by atoms with van der Waals surface area (Å²) in [6.45, 7) is 1.85. The Kier molecular flexibility index (Phi) is 6.98. The van der Waals surface area contributed by atoms with E-state index in [2.05, 4.69) is 5.32 Å². The van der Waals surface area contributed by atoms with Crippen LogP contribution in [0.1, 0.15) is 45.4 Å². The van der Waals surface area contributed by atoms with E-state index in [1.807, 2.05) is 6.92 Å². The van der Waals surface area contributed by atoms with Crippen molar-refractivity contribution in [1.82, 2.24) is 10.2 Å². The van der Waals surface area contributed by atoms with E-state index >= 15 is 0 Å². The number of hydrogen-bond acceptors (Lipinski definition) is 3. The van der Waals surface area contributed by atoms with Gasteiger partial charge in [0.2, 0.25) is 5.91 Å². The standard InChI is InChI=1S/C14H25N3O4/c1-2-5-10(13(19)20)8-16-14(21)17(9-12(15)18)11-6-3-4-7-11/h10-11H,2-9H2,1H3,(H2,15,18)(H,16,21)(H,19,20). The van der Waals surface area contributed by atoms with Crippen molar-refractivity contribution >= 4 is 17.9 Å². The topological polar surface area (TPSA) is 113 Å². The molecule has 1 saturated carbocycles. The Morgan fingerprint density at radius 2 is 1.95 bits per heavy atom. The second-order valence-corrected chi connectivity index (χ2v) is 5.54. The fourth-order valence-corrected chi connectivity index (χ4v) is 2.72. The van der Waals surface area contributed by atoms with Gasteiger partial charge in [-0.1, -0.05) is 26.2 Å². The molecule has 120 valence electrons. The monoisotopic (exact) mass is 299 g/mol. The average molecular weight is 299 g/mol. The highest BCUT2D eigenvalue weighted by Gasteiger charge is 2.28. The predicted molar refractivity (Wildman–Crippen MR) is 77.6 cm³/mol. The minimum Gasteiger partial charge on any atom is -0.481 e. The Balaban J connectivity index is 2.58. The molecule has 3 amide bonds. The average Bonchev–Trinajstić information content (AvgIpc) is 2.93. The van der Waals surface area contributed by atoms with Gasteiger partial charge in [-0.05, 0) is 19.3 Å². The zero-order chi connectivity index (χ0) is 15.8. The lowest BCUT2D eigenvalue weighted by molar-refractivity contribution is -0.141. The van der Waals surface area contributed by atoms with Crippen LogP contribution in [0.2, 0.25) is 0 Å². The molecule has 4 N–H and O–H groups in total. The largest absolute Gasteiger partial charge is 0.481 e. The summed E-state index contributed by atoms with van der Waals surface area (Å²) in [5, 5.41) is 11.7. The van der Waals surface area contributed by atoms with Crippen LogP contribution in [0, 0.1) is 5.92 Å². The lowest BCUT2D eigenvalue weighted by Gasteiger charge is -2.28. The van der Waals surface area contributed by atoms with Crippen LogP contribution in [0.15, 0.2) is 0 Å². The molecule has 0 bridgehead atoms. The first kappa shape index (κ1) is 17.3. The molecule has 0 radical (unpaired) electrons. The highest BCUT2D eigenvalue weighted by atomic mass is 16.4. The number of amides is 3. The number of hydrogen-bond donors (Lipinski definition) is 3. The molecule has 1 aliphatic rings. The molecule has 21 heavy (non-hydrogen) atoms. The number of rotatable bonds is 8. The van der Waals surface area contributed by atoms with Gasteiger partial charge in [-0.15, -0.1) is 0 Å². The van der Waals surface area contributed by atoms with E-state index in [9.17, 15) is 14.4 Å². The van der Waals surface area contributed by atoms with E-state index in [4.69, 9.17) is 10.8 Å². The smallest absolute Gasteiger partial charge is 0.318 e. The van der Waals surface area contributed by atoms with Gasteiger partial charge in [0.05, 0.1) is 5.92 Å². The number of carbonyl (C=O) groups is 3. The summed E-state index contributed by atoms with van der Waals surface area (Å²) in [7, 11) is 0. The summed E-state index contributed by atoms with van der Waals surface area (Å²) < 4.78 is 0. The van der Waals surface area contributed by atoms with Gasteiger partial charge in [-0.25, -0.2) is 4.79 Å². The van der Waals surface area contributed by atoms with Gasteiger partial charge in [0.25, 0.3) is 0 Å². The molecule has 1 aliphatic carbocycles. The van der Waals surface area contributed by atoms with Gasteiger partial charge >= 0.3 is 12.0 Å². The molecule has 1 rings (SSSR count). The molecule has 0 aliphatic heterocycles. The molecule has 0 aromatic heterocycles. The second-order valence-electron chi connectivity index (χ2n) is 5.54. The normalized spacial score (nSPS) is 16.4. The fraction of sp³-hybridized carbons (Fsp3) is 0.786. The molecule has 0 spiro atoms.